The first kappa shape index (κ1) is 18.3. The molecule has 0 atom stereocenters. The van der Waals surface area contributed by atoms with Crippen molar-refractivity contribution in [3.05, 3.63) is 81.7 Å². The number of carbonyl (C=O) groups excluding carboxylic acids is 1. The van der Waals surface area contributed by atoms with Gasteiger partial charge in [0.2, 0.25) is 0 Å². The zero-order valence-corrected chi connectivity index (χ0v) is 13.8. The third-order valence-corrected chi connectivity index (χ3v) is 3.68. The third-order valence-electron chi connectivity index (χ3n) is 3.68. The van der Waals surface area contributed by atoms with Crippen molar-refractivity contribution in [2.75, 3.05) is 6.54 Å². The van der Waals surface area contributed by atoms with E-state index in [1.165, 1.54) is 24.3 Å². The van der Waals surface area contributed by atoms with Gasteiger partial charge in [0, 0.05) is 10.9 Å². The number of benzene rings is 2. The van der Waals surface area contributed by atoms with Gasteiger partial charge < -0.3 is 9.73 Å². The number of nitrogens with one attached hydrogen (secondary N) is 1. The average molecular weight is 371 g/mol. The Balaban J connectivity index is 1.75. The van der Waals surface area contributed by atoms with Crippen LogP contribution in [0.25, 0.3) is 11.0 Å². The first-order valence-electron chi connectivity index (χ1n) is 7.82. The SMILES string of the molecule is O=C(NCC#Cc1ccccc1C(F)(F)F)c1cc2ccccc2oc1=O. The van der Waals surface area contributed by atoms with Gasteiger partial charge in [0.25, 0.3) is 5.91 Å². The average Bonchev–Trinajstić information content (AvgIpc) is 2.64. The van der Waals surface area contributed by atoms with Crippen LogP contribution in [-0.2, 0) is 6.18 Å². The van der Waals surface area contributed by atoms with Crippen molar-refractivity contribution in [1.29, 1.82) is 0 Å². The van der Waals surface area contributed by atoms with E-state index in [1.54, 1.807) is 24.3 Å². The van der Waals surface area contributed by atoms with Crippen molar-refractivity contribution >= 4 is 16.9 Å². The lowest BCUT2D eigenvalue weighted by molar-refractivity contribution is -0.137. The van der Waals surface area contributed by atoms with E-state index in [-0.39, 0.29) is 17.7 Å². The van der Waals surface area contributed by atoms with Crippen LogP contribution in [0, 0.1) is 11.8 Å². The highest BCUT2D eigenvalue weighted by molar-refractivity contribution is 5.96. The number of amides is 1. The Morgan fingerprint density at radius 1 is 1.07 bits per heavy atom. The predicted octanol–water partition coefficient (Wildman–Crippen LogP) is 3.59. The molecule has 0 saturated heterocycles. The number of hydrogen-bond acceptors (Lipinski definition) is 3. The summed E-state index contributed by atoms with van der Waals surface area (Å²) < 4.78 is 43.8. The van der Waals surface area contributed by atoms with Crippen molar-refractivity contribution in [2.45, 2.75) is 6.18 Å². The molecule has 1 aromatic heterocycles. The Bertz CT molecular complexity index is 1120. The lowest BCUT2D eigenvalue weighted by atomic mass is 10.1. The molecule has 3 aromatic rings. The van der Waals surface area contributed by atoms with E-state index in [1.807, 2.05) is 0 Å². The molecule has 0 aliphatic heterocycles. The number of fused-ring (bicyclic) bond motifs is 1. The second-order valence-electron chi connectivity index (χ2n) is 5.51. The van der Waals surface area contributed by atoms with Crippen LogP contribution in [0.15, 0.2) is 63.8 Å². The van der Waals surface area contributed by atoms with Gasteiger partial charge in [0.15, 0.2) is 0 Å². The minimum atomic E-state index is -4.52. The highest BCUT2D eigenvalue weighted by Crippen LogP contribution is 2.31. The number of hydrogen-bond donors (Lipinski definition) is 1. The van der Waals surface area contributed by atoms with E-state index in [9.17, 15) is 22.8 Å². The van der Waals surface area contributed by atoms with Crippen LogP contribution in [0.3, 0.4) is 0 Å². The fourth-order valence-electron chi connectivity index (χ4n) is 2.42. The number of rotatable bonds is 2. The summed E-state index contributed by atoms with van der Waals surface area (Å²) in [6, 6.07) is 13.0. The van der Waals surface area contributed by atoms with Gasteiger partial charge in [0.05, 0.1) is 12.1 Å². The van der Waals surface area contributed by atoms with Gasteiger partial charge in [-0.15, -0.1) is 0 Å². The molecule has 27 heavy (non-hydrogen) atoms. The maximum atomic E-state index is 12.9. The number of para-hydroxylation sites is 1. The maximum Gasteiger partial charge on any atom is 0.417 e. The van der Waals surface area contributed by atoms with Gasteiger partial charge in [-0.1, -0.05) is 42.2 Å². The van der Waals surface area contributed by atoms with Crippen LogP contribution in [0.2, 0.25) is 0 Å². The van der Waals surface area contributed by atoms with Crippen LogP contribution < -0.4 is 10.9 Å². The van der Waals surface area contributed by atoms with Crippen molar-refractivity contribution in [3.63, 3.8) is 0 Å². The third kappa shape index (κ3) is 4.18. The fraction of sp³-hybridized carbons (Fsp3) is 0.100. The van der Waals surface area contributed by atoms with Gasteiger partial charge >= 0.3 is 11.8 Å². The molecule has 0 fully saturated rings. The van der Waals surface area contributed by atoms with Crippen LogP contribution in [0.1, 0.15) is 21.5 Å². The largest absolute Gasteiger partial charge is 0.422 e. The lowest BCUT2D eigenvalue weighted by Gasteiger charge is -2.08. The zero-order valence-electron chi connectivity index (χ0n) is 13.8. The van der Waals surface area contributed by atoms with Gasteiger partial charge in [-0.2, -0.15) is 13.2 Å². The monoisotopic (exact) mass is 371 g/mol. The smallest absolute Gasteiger partial charge is 0.417 e. The van der Waals surface area contributed by atoms with E-state index in [2.05, 4.69) is 17.2 Å². The quantitative estimate of drug-likeness (QED) is 0.553. The molecular weight excluding hydrogens is 359 g/mol. The highest BCUT2D eigenvalue weighted by Gasteiger charge is 2.32. The minimum absolute atomic E-state index is 0.190. The van der Waals surface area contributed by atoms with Crippen molar-refractivity contribution < 1.29 is 22.4 Å². The fourth-order valence-corrected chi connectivity index (χ4v) is 2.42. The predicted molar refractivity (Wildman–Crippen MR) is 93.1 cm³/mol. The summed E-state index contributed by atoms with van der Waals surface area (Å²) in [5.74, 6) is 4.13. The molecule has 2 aromatic carbocycles. The van der Waals surface area contributed by atoms with E-state index >= 15 is 0 Å². The molecule has 1 N–H and O–H groups in total. The molecule has 0 bridgehead atoms. The summed E-state index contributed by atoms with van der Waals surface area (Å²) in [7, 11) is 0. The Hall–Kier alpha value is -3.53. The minimum Gasteiger partial charge on any atom is -0.422 e. The summed E-state index contributed by atoms with van der Waals surface area (Å²) in [5.41, 5.74) is -1.70. The second kappa shape index (κ2) is 7.38. The normalized spacial score (nSPS) is 10.9. The van der Waals surface area contributed by atoms with Crippen molar-refractivity contribution in [1.82, 2.24) is 5.32 Å². The first-order chi connectivity index (χ1) is 12.9. The van der Waals surface area contributed by atoms with Crippen LogP contribution in [0.4, 0.5) is 13.2 Å². The lowest BCUT2D eigenvalue weighted by Crippen LogP contribution is -2.28. The van der Waals surface area contributed by atoms with E-state index < -0.39 is 23.3 Å². The number of carbonyl (C=O) groups is 1. The second-order valence-corrected chi connectivity index (χ2v) is 5.51. The molecular formula is C20H12F3NO3. The van der Waals surface area contributed by atoms with E-state index in [4.69, 9.17) is 4.42 Å². The van der Waals surface area contributed by atoms with Crippen LogP contribution in [0.5, 0.6) is 0 Å². The summed E-state index contributed by atoms with van der Waals surface area (Å²) in [5, 5.41) is 2.96. The van der Waals surface area contributed by atoms with Crippen molar-refractivity contribution in [3.8, 4) is 11.8 Å². The molecule has 0 saturated carbocycles. The Labute approximate surface area is 151 Å². The van der Waals surface area contributed by atoms with Gasteiger partial charge in [0.1, 0.15) is 11.1 Å². The van der Waals surface area contributed by atoms with Gasteiger partial charge in [-0.25, -0.2) is 4.79 Å². The van der Waals surface area contributed by atoms with Crippen molar-refractivity contribution in [2.24, 2.45) is 0 Å². The Morgan fingerprint density at radius 2 is 1.78 bits per heavy atom. The standard InChI is InChI=1S/C20H12F3NO3/c21-20(22,23)16-9-3-1-6-13(16)8-5-11-24-18(25)15-12-14-7-2-4-10-17(14)27-19(15)26/h1-4,6-7,9-10,12H,11H2,(H,24,25). The summed E-state index contributed by atoms with van der Waals surface area (Å²) in [6.45, 7) is -0.225. The molecule has 136 valence electrons. The van der Waals surface area contributed by atoms with E-state index in [0.29, 0.717) is 11.0 Å². The molecule has 4 nitrogen and oxygen atoms in total. The summed E-state index contributed by atoms with van der Waals surface area (Å²) >= 11 is 0. The molecule has 1 heterocycles. The maximum absolute atomic E-state index is 12.9. The molecule has 7 heteroatoms. The first-order valence-corrected chi connectivity index (χ1v) is 7.82. The molecule has 0 aliphatic carbocycles. The summed E-state index contributed by atoms with van der Waals surface area (Å²) in [6.07, 6.45) is -4.52. The Kier molecular flexibility index (Phi) is 4.99. The zero-order chi connectivity index (χ0) is 19.4. The van der Waals surface area contributed by atoms with Crippen LogP contribution in [-0.4, -0.2) is 12.5 Å². The van der Waals surface area contributed by atoms with Crippen LogP contribution >= 0.6 is 0 Å². The molecule has 3 rings (SSSR count). The number of alkyl halides is 3. The molecule has 0 radical (unpaired) electrons. The Morgan fingerprint density at radius 3 is 2.56 bits per heavy atom. The van der Waals surface area contributed by atoms with Gasteiger partial charge in [-0.3, -0.25) is 4.79 Å². The van der Waals surface area contributed by atoms with E-state index in [0.717, 1.165) is 6.07 Å². The topological polar surface area (TPSA) is 59.3 Å². The number of halogens is 3. The highest BCUT2D eigenvalue weighted by atomic mass is 19.4. The van der Waals surface area contributed by atoms with Gasteiger partial charge in [-0.05, 0) is 24.3 Å². The molecule has 1 amide bonds. The molecule has 0 aliphatic rings. The molecule has 0 spiro atoms. The molecule has 0 unspecified atom stereocenters. The summed E-state index contributed by atoms with van der Waals surface area (Å²) in [4.78, 5) is 24.0.